The average Bonchev–Trinajstić information content (AvgIpc) is 2.73. The predicted octanol–water partition coefficient (Wildman–Crippen LogP) is 2.41. The van der Waals surface area contributed by atoms with Crippen molar-refractivity contribution >= 4 is 11.9 Å². The zero-order valence-corrected chi connectivity index (χ0v) is 13.7. The van der Waals surface area contributed by atoms with Crippen molar-refractivity contribution < 1.29 is 14.3 Å². The molecule has 1 aromatic rings. The summed E-state index contributed by atoms with van der Waals surface area (Å²) in [4.78, 5) is 24.6. The molecule has 0 radical (unpaired) electrons. The van der Waals surface area contributed by atoms with Crippen molar-refractivity contribution in [3.8, 4) is 0 Å². The monoisotopic (exact) mass is 304 g/mol. The van der Waals surface area contributed by atoms with Crippen LogP contribution in [0.15, 0.2) is 30.3 Å². The van der Waals surface area contributed by atoms with E-state index in [2.05, 4.69) is 5.43 Å². The van der Waals surface area contributed by atoms with Gasteiger partial charge in [0.25, 0.3) is 0 Å². The molecule has 0 spiro atoms. The average molecular weight is 304 g/mol. The van der Waals surface area contributed by atoms with Crippen LogP contribution in [0, 0.1) is 0 Å². The van der Waals surface area contributed by atoms with E-state index >= 15 is 0 Å². The van der Waals surface area contributed by atoms with Crippen LogP contribution in [0.5, 0.6) is 0 Å². The molecule has 0 saturated carbocycles. The molecule has 1 aromatic carbocycles. The molecular formula is C17H24N2O3. The van der Waals surface area contributed by atoms with Crippen molar-refractivity contribution in [2.75, 3.05) is 0 Å². The van der Waals surface area contributed by atoms with Crippen LogP contribution in [-0.4, -0.2) is 28.0 Å². The van der Waals surface area contributed by atoms with Gasteiger partial charge in [-0.2, -0.15) is 0 Å². The molecule has 120 valence electrons. The number of rotatable bonds is 4. The van der Waals surface area contributed by atoms with Gasteiger partial charge < -0.3 is 4.74 Å². The maximum absolute atomic E-state index is 12.5. The van der Waals surface area contributed by atoms with E-state index in [0.29, 0.717) is 19.4 Å². The van der Waals surface area contributed by atoms with Crippen LogP contribution in [0.2, 0.25) is 0 Å². The lowest BCUT2D eigenvalue weighted by molar-refractivity contribution is -0.172. The van der Waals surface area contributed by atoms with Crippen LogP contribution in [0.4, 0.5) is 0 Å². The quantitative estimate of drug-likeness (QED) is 0.868. The third kappa shape index (κ3) is 3.65. The van der Waals surface area contributed by atoms with Gasteiger partial charge in [0.15, 0.2) is 5.54 Å². The van der Waals surface area contributed by atoms with Crippen molar-refractivity contribution in [2.45, 2.75) is 58.2 Å². The van der Waals surface area contributed by atoms with Crippen LogP contribution >= 0.6 is 0 Å². The Morgan fingerprint density at radius 2 is 1.95 bits per heavy atom. The summed E-state index contributed by atoms with van der Waals surface area (Å²) in [6, 6.07) is 9.76. The molecule has 1 unspecified atom stereocenters. The summed E-state index contributed by atoms with van der Waals surface area (Å²) in [5.41, 5.74) is 2.61. The van der Waals surface area contributed by atoms with Crippen LogP contribution in [-0.2, 0) is 20.9 Å². The van der Waals surface area contributed by atoms with Gasteiger partial charge in [0.1, 0.15) is 5.60 Å². The first-order valence-electron chi connectivity index (χ1n) is 7.56. The lowest BCUT2D eigenvalue weighted by Gasteiger charge is -2.35. The number of hydrogen-bond acceptors (Lipinski definition) is 4. The molecule has 1 aliphatic heterocycles. The smallest absolute Gasteiger partial charge is 0.333 e. The Hall–Kier alpha value is -1.88. The standard InChI is InChI=1S/C17H24N2O3/c1-16(2,3)22-15(21)17(4)11-10-14(20)19(17)18-12-13-8-6-5-7-9-13/h5-9,18H,10-12H2,1-4H3. The van der Waals surface area contributed by atoms with E-state index in [-0.39, 0.29) is 11.9 Å². The first kappa shape index (κ1) is 16.5. The Morgan fingerprint density at radius 3 is 2.55 bits per heavy atom. The van der Waals surface area contributed by atoms with Gasteiger partial charge in [-0.25, -0.2) is 10.2 Å². The molecule has 1 atom stereocenters. The van der Waals surface area contributed by atoms with Crippen LogP contribution in [0.3, 0.4) is 0 Å². The zero-order valence-electron chi connectivity index (χ0n) is 13.7. The summed E-state index contributed by atoms with van der Waals surface area (Å²) in [5, 5.41) is 1.44. The third-order valence-electron chi connectivity index (χ3n) is 3.69. The fourth-order valence-electron chi connectivity index (χ4n) is 2.46. The van der Waals surface area contributed by atoms with E-state index in [1.165, 1.54) is 5.01 Å². The molecule has 22 heavy (non-hydrogen) atoms. The Balaban J connectivity index is 2.09. The highest BCUT2D eigenvalue weighted by molar-refractivity contribution is 5.91. The predicted molar refractivity (Wildman–Crippen MR) is 83.6 cm³/mol. The molecule has 2 rings (SSSR count). The van der Waals surface area contributed by atoms with Crippen molar-refractivity contribution in [2.24, 2.45) is 0 Å². The first-order valence-corrected chi connectivity index (χ1v) is 7.56. The number of nitrogens with zero attached hydrogens (tertiary/aromatic N) is 1. The summed E-state index contributed by atoms with van der Waals surface area (Å²) >= 11 is 0. The van der Waals surface area contributed by atoms with E-state index < -0.39 is 11.1 Å². The normalized spacial score (nSPS) is 22.0. The van der Waals surface area contributed by atoms with E-state index in [9.17, 15) is 9.59 Å². The summed E-state index contributed by atoms with van der Waals surface area (Å²) in [5.74, 6) is -0.448. The highest BCUT2D eigenvalue weighted by atomic mass is 16.6. The summed E-state index contributed by atoms with van der Waals surface area (Å²) in [6.07, 6.45) is 0.806. The van der Waals surface area contributed by atoms with Crippen molar-refractivity contribution in [1.82, 2.24) is 10.4 Å². The van der Waals surface area contributed by atoms with Gasteiger partial charge in [0.05, 0.1) is 0 Å². The largest absolute Gasteiger partial charge is 0.458 e. The molecular weight excluding hydrogens is 280 g/mol. The van der Waals surface area contributed by atoms with Gasteiger partial charge in [-0.1, -0.05) is 30.3 Å². The Kier molecular flexibility index (Phi) is 4.56. The molecule has 1 heterocycles. The molecule has 1 amide bonds. The second-order valence-corrected chi connectivity index (χ2v) is 6.83. The second-order valence-electron chi connectivity index (χ2n) is 6.83. The van der Waals surface area contributed by atoms with Crippen molar-refractivity contribution in [3.63, 3.8) is 0 Å². The Bertz CT molecular complexity index is 551. The van der Waals surface area contributed by atoms with E-state index in [4.69, 9.17) is 4.74 Å². The molecule has 0 aliphatic carbocycles. The molecule has 1 fully saturated rings. The SMILES string of the molecule is CC(C)(C)OC(=O)C1(C)CCC(=O)N1NCc1ccccc1. The fourth-order valence-corrected chi connectivity index (χ4v) is 2.46. The topological polar surface area (TPSA) is 58.6 Å². The van der Waals surface area contributed by atoms with Crippen LogP contribution in [0.25, 0.3) is 0 Å². The third-order valence-corrected chi connectivity index (χ3v) is 3.69. The van der Waals surface area contributed by atoms with Gasteiger partial charge in [0.2, 0.25) is 5.91 Å². The number of esters is 1. The lowest BCUT2D eigenvalue weighted by Crippen LogP contribution is -2.57. The number of ether oxygens (including phenoxy) is 1. The van der Waals surface area contributed by atoms with E-state index in [0.717, 1.165) is 5.56 Å². The summed E-state index contributed by atoms with van der Waals surface area (Å²) < 4.78 is 5.48. The molecule has 0 aromatic heterocycles. The van der Waals surface area contributed by atoms with Gasteiger partial charge in [0, 0.05) is 13.0 Å². The van der Waals surface area contributed by atoms with Gasteiger partial charge in [-0.15, -0.1) is 0 Å². The minimum Gasteiger partial charge on any atom is -0.458 e. The number of amides is 1. The number of nitrogens with one attached hydrogen (secondary N) is 1. The number of carbonyl (C=O) groups excluding carboxylic acids is 2. The second kappa shape index (κ2) is 6.08. The van der Waals surface area contributed by atoms with Gasteiger partial charge >= 0.3 is 5.97 Å². The number of carbonyl (C=O) groups is 2. The van der Waals surface area contributed by atoms with E-state index in [1.54, 1.807) is 6.92 Å². The van der Waals surface area contributed by atoms with E-state index in [1.807, 2.05) is 51.1 Å². The molecule has 1 aliphatic rings. The molecule has 0 bridgehead atoms. The highest BCUT2D eigenvalue weighted by Gasteiger charge is 2.49. The summed E-state index contributed by atoms with van der Waals surface area (Å²) in [6.45, 7) is 7.72. The van der Waals surface area contributed by atoms with Crippen LogP contribution in [0.1, 0.15) is 46.1 Å². The van der Waals surface area contributed by atoms with Gasteiger partial charge in [-0.3, -0.25) is 9.80 Å². The van der Waals surface area contributed by atoms with Crippen LogP contribution < -0.4 is 5.43 Å². The molecule has 5 heteroatoms. The number of hydrogen-bond donors (Lipinski definition) is 1. The Labute approximate surface area is 131 Å². The fraction of sp³-hybridized carbons (Fsp3) is 0.529. The zero-order chi connectivity index (χ0) is 16.4. The Morgan fingerprint density at radius 1 is 1.32 bits per heavy atom. The first-order chi connectivity index (χ1) is 10.2. The van der Waals surface area contributed by atoms with Gasteiger partial charge in [-0.05, 0) is 39.7 Å². The maximum Gasteiger partial charge on any atom is 0.333 e. The molecule has 1 N–H and O–H groups in total. The summed E-state index contributed by atoms with van der Waals surface area (Å²) in [7, 11) is 0. The number of hydrazine groups is 1. The lowest BCUT2D eigenvalue weighted by atomic mass is 9.99. The maximum atomic E-state index is 12.5. The van der Waals surface area contributed by atoms with Crippen molar-refractivity contribution in [3.05, 3.63) is 35.9 Å². The highest BCUT2D eigenvalue weighted by Crippen LogP contribution is 2.31. The minimum atomic E-state index is -0.959. The number of benzene rings is 1. The molecule has 1 saturated heterocycles. The van der Waals surface area contributed by atoms with Crippen molar-refractivity contribution in [1.29, 1.82) is 0 Å². The minimum absolute atomic E-state index is 0.0794. The molecule has 5 nitrogen and oxygen atoms in total.